The van der Waals surface area contributed by atoms with Crippen LogP contribution in [0.2, 0.25) is 5.04 Å². The highest BCUT2D eigenvalue weighted by Crippen LogP contribution is 2.44. The number of thiazole rings is 1. The van der Waals surface area contributed by atoms with Gasteiger partial charge >= 0.3 is 10.8 Å². The van der Waals surface area contributed by atoms with E-state index in [1.807, 2.05) is 36.4 Å². The number of nitrogen functional groups attached to an aromatic ring is 1. The molecule has 0 unspecified atom stereocenters. The molecule has 0 spiro atoms. The normalized spacial score (nSPS) is 20.5. The third-order valence-electron chi connectivity index (χ3n) is 8.45. The Morgan fingerprint density at radius 3 is 2.25 bits per heavy atom. The topological polar surface area (TPSA) is 139 Å². The lowest BCUT2D eigenvalue weighted by Gasteiger charge is -2.46. The summed E-state index contributed by atoms with van der Waals surface area (Å²) in [6, 6.07) is 20.8. The fraction of sp³-hybridized carbons (Fsp3) is 0.438. The molecule has 10 nitrogen and oxygen atoms in total. The van der Waals surface area contributed by atoms with Gasteiger partial charge in [0.25, 0.3) is 13.9 Å². The van der Waals surface area contributed by atoms with E-state index in [-0.39, 0.29) is 27.4 Å². The molecule has 0 amide bonds. The molecule has 1 saturated heterocycles. The molecular weight excluding hydrogens is 597 g/mol. The number of hydrogen-bond donors (Lipinski definition) is 2. The second kappa shape index (κ2) is 12.4. The Bertz CT molecular complexity index is 1690. The lowest BCUT2D eigenvalue weighted by molar-refractivity contribution is -0.150. The number of nitrogens with zero attached hydrogens (tertiary/aromatic N) is 2. The van der Waals surface area contributed by atoms with Gasteiger partial charge in [0.1, 0.15) is 17.0 Å². The zero-order valence-corrected chi connectivity index (χ0v) is 27.7. The molecule has 4 aromatic rings. The molecule has 44 heavy (non-hydrogen) atoms. The Morgan fingerprint density at radius 2 is 1.73 bits per heavy atom. The zero-order chi connectivity index (χ0) is 31.8. The molecule has 1 fully saturated rings. The summed E-state index contributed by atoms with van der Waals surface area (Å²) < 4.78 is 21.4. The minimum absolute atomic E-state index is 0.102. The number of benzene rings is 2. The maximum Gasteiger partial charge on any atom is 0.311 e. The summed E-state index contributed by atoms with van der Waals surface area (Å²) >= 11 is 0.785. The number of nitrogens with two attached hydrogens (primary N) is 1. The first kappa shape index (κ1) is 31.8. The highest BCUT2D eigenvalue weighted by molar-refractivity contribution is 7.16. The van der Waals surface area contributed by atoms with Crippen LogP contribution in [-0.4, -0.2) is 47.1 Å². The Labute approximate surface area is 261 Å². The van der Waals surface area contributed by atoms with Gasteiger partial charge in [0, 0.05) is 12.8 Å². The number of aromatic nitrogens is 3. The van der Waals surface area contributed by atoms with E-state index in [0.717, 1.165) is 21.7 Å². The third kappa shape index (κ3) is 5.79. The summed E-state index contributed by atoms with van der Waals surface area (Å²) in [5, 5.41) is 2.04. The van der Waals surface area contributed by atoms with Crippen LogP contribution in [0.4, 0.5) is 5.95 Å². The predicted molar refractivity (Wildman–Crippen MR) is 175 cm³/mol. The van der Waals surface area contributed by atoms with Gasteiger partial charge in [0.2, 0.25) is 5.95 Å². The second-order valence-corrected chi connectivity index (χ2v) is 17.6. The Kier molecular flexibility index (Phi) is 8.99. The van der Waals surface area contributed by atoms with Crippen LogP contribution in [0, 0.1) is 5.92 Å². The lowest BCUT2D eigenvalue weighted by atomic mass is 9.95. The van der Waals surface area contributed by atoms with E-state index in [9.17, 15) is 14.4 Å². The van der Waals surface area contributed by atoms with Crippen LogP contribution in [0.1, 0.15) is 60.6 Å². The highest BCUT2D eigenvalue weighted by Gasteiger charge is 2.54. The van der Waals surface area contributed by atoms with E-state index in [1.165, 1.54) is 11.5 Å². The molecule has 1 aliphatic rings. The maximum absolute atomic E-state index is 13.4. The van der Waals surface area contributed by atoms with Crippen molar-refractivity contribution in [1.82, 2.24) is 14.5 Å². The number of nitrogens with one attached hydrogen (secondary N) is 1. The summed E-state index contributed by atoms with van der Waals surface area (Å²) in [6.07, 6.45) is -1.16. The van der Waals surface area contributed by atoms with Crippen LogP contribution in [0.15, 0.2) is 70.3 Å². The van der Waals surface area contributed by atoms with Gasteiger partial charge in [0.15, 0.2) is 5.65 Å². The molecule has 5 rings (SSSR count). The number of anilines is 1. The number of ether oxygens (including phenoxy) is 2. The van der Waals surface area contributed by atoms with E-state index in [4.69, 9.17) is 19.6 Å². The van der Waals surface area contributed by atoms with Crippen molar-refractivity contribution < 1.29 is 18.7 Å². The van der Waals surface area contributed by atoms with Crippen molar-refractivity contribution in [3.05, 3.63) is 80.7 Å². The van der Waals surface area contributed by atoms with E-state index in [2.05, 4.69) is 61.9 Å². The molecule has 0 radical (unpaired) electrons. The predicted octanol–water partition coefficient (Wildman–Crippen LogP) is 3.94. The molecule has 2 aromatic carbocycles. The highest BCUT2D eigenvalue weighted by atomic mass is 32.1. The number of carbonyl (C=O) groups is 1. The molecule has 0 aliphatic carbocycles. The standard InChI is InChI=1S/C32H40N4O6SSi/c1-7-24(42-44(32(4,5)6,21-14-10-8-11-15-21)22-16-12-9-13-17-22)25-18-23(19(2)40-20(3)37)29(41-25)36-27-26(43-31(36)39)28(38)35-30(33)34-27/h8-17,19,23-25,29H,7,18H2,1-6H3,(H3,33,34,35,38)/t19-,23+,24+,25+,29-/m1/s1. The van der Waals surface area contributed by atoms with E-state index >= 15 is 0 Å². The van der Waals surface area contributed by atoms with Crippen LogP contribution in [0.5, 0.6) is 0 Å². The quantitative estimate of drug-likeness (QED) is 0.208. The number of rotatable bonds is 9. The van der Waals surface area contributed by atoms with Gasteiger partial charge in [0.05, 0.1) is 12.2 Å². The monoisotopic (exact) mass is 636 g/mol. The lowest BCUT2D eigenvalue weighted by Crippen LogP contribution is -2.68. The minimum Gasteiger partial charge on any atom is -0.462 e. The van der Waals surface area contributed by atoms with Crippen LogP contribution in [0.3, 0.4) is 0 Å². The molecule has 5 atom stereocenters. The molecule has 12 heteroatoms. The fourth-order valence-electron chi connectivity index (χ4n) is 6.50. The smallest absolute Gasteiger partial charge is 0.311 e. The van der Waals surface area contributed by atoms with Crippen molar-refractivity contribution in [2.75, 3.05) is 5.73 Å². The molecule has 0 bridgehead atoms. The van der Waals surface area contributed by atoms with Crippen molar-refractivity contribution in [2.24, 2.45) is 5.92 Å². The van der Waals surface area contributed by atoms with Gasteiger partial charge in [-0.1, -0.05) is 99.7 Å². The molecule has 0 saturated carbocycles. The second-order valence-electron chi connectivity index (χ2n) is 12.3. The van der Waals surface area contributed by atoms with Crippen LogP contribution < -0.4 is 26.5 Å². The van der Waals surface area contributed by atoms with Gasteiger partial charge in [-0.25, -0.2) is 0 Å². The first-order valence-corrected chi connectivity index (χ1v) is 17.6. The molecule has 1 aliphatic heterocycles. The van der Waals surface area contributed by atoms with E-state index < -0.39 is 49.1 Å². The SMILES string of the molecule is CC[C@H](O[Si](c1ccccc1)(c1ccccc1)C(C)(C)C)[C@@H]1C[C@@H]([C@@H](C)OC(C)=O)[C@H](n2c(=O)sc3c(=O)[nH]c(N)nc32)O1. The number of aromatic amines is 1. The Balaban J connectivity index is 1.61. The number of carbonyl (C=O) groups excluding carboxylic acids is 1. The van der Waals surface area contributed by atoms with Gasteiger partial charge in [-0.15, -0.1) is 0 Å². The van der Waals surface area contributed by atoms with Gasteiger partial charge in [-0.05, 0) is 35.2 Å². The van der Waals surface area contributed by atoms with Crippen molar-refractivity contribution >= 4 is 52.3 Å². The molecule has 3 N–H and O–H groups in total. The number of hydrogen-bond acceptors (Lipinski definition) is 9. The molecule has 3 heterocycles. The number of esters is 1. The maximum atomic E-state index is 13.4. The van der Waals surface area contributed by atoms with Gasteiger partial charge < -0.3 is 19.6 Å². The Hall–Kier alpha value is -3.58. The molecule has 2 aromatic heterocycles. The summed E-state index contributed by atoms with van der Waals surface area (Å²) in [5.74, 6) is -0.954. The number of H-pyrrole nitrogens is 1. The largest absolute Gasteiger partial charge is 0.462 e. The summed E-state index contributed by atoms with van der Waals surface area (Å²) in [7, 11) is -2.94. The zero-order valence-electron chi connectivity index (χ0n) is 25.9. The fourth-order valence-corrected chi connectivity index (χ4v) is 12.1. The average Bonchev–Trinajstić information content (AvgIpc) is 3.54. The van der Waals surface area contributed by atoms with Crippen LogP contribution in [-0.2, 0) is 18.7 Å². The minimum atomic E-state index is -2.94. The number of fused-ring (bicyclic) bond motifs is 1. The van der Waals surface area contributed by atoms with Crippen LogP contribution in [0.25, 0.3) is 10.3 Å². The third-order valence-corrected chi connectivity index (χ3v) is 14.5. The first-order valence-electron chi connectivity index (χ1n) is 14.9. The van der Waals surface area contributed by atoms with Crippen molar-refractivity contribution in [3.8, 4) is 0 Å². The van der Waals surface area contributed by atoms with Gasteiger partial charge in [-0.3, -0.25) is 23.9 Å². The van der Waals surface area contributed by atoms with E-state index in [0.29, 0.717) is 12.8 Å². The van der Waals surface area contributed by atoms with Crippen LogP contribution >= 0.6 is 11.3 Å². The van der Waals surface area contributed by atoms with Crippen molar-refractivity contribution in [1.29, 1.82) is 0 Å². The average molecular weight is 637 g/mol. The van der Waals surface area contributed by atoms with Crippen molar-refractivity contribution in [2.45, 2.75) is 84.0 Å². The summed E-state index contributed by atoms with van der Waals surface area (Å²) in [6.45, 7) is 11.9. The van der Waals surface area contributed by atoms with Gasteiger partial charge in [-0.2, -0.15) is 4.98 Å². The first-order chi connectivity index (χ1) is 20.9. The Morgan fingerprint density at radius 1 is 1.14 bits per heavy atom. The summed E-state index contributed by atoms with van der Waals surface area (Å²) in [4.78, 5) is 44.4. The molecule has 234 valence electrons. The van der Waals surface area contributed by atoms with E-state index in [1.54, 1.807) is 6.92 Å². The summed E-state index contributed by atoms with van der Waals surface area (Å²) in [5.41, 5.74) is 5.53. The van der Waals surface area contributed by atoms with Crippen molar-refractivity contribution in [3.63, 3.8) is 0 Å². The molecular formula is C32H40N4O6SSi.